The predicted octanol–water partition coefficient (Wildman–Crippen LogP) is 1.22. The number of nitrogens with two attached hydrogens (primary N) is 1. The molecule has 0 fully saturated rings. The number of pyridine rings is 1. The fraction of sp³-hybridized carbons (Fsp3) is 0. The van der Waals surface area contributed by atoms with Gasteiger partial charge in [0.1, 0.15) is 11.4 Å². The van der Waals surface area contributed by atoms with Crippen molar-refractivity contribution in [3.63, 3.8) is 0 Å². The van der Waals surface area contributed by atoms with E-state index in [2.05, 4.69) is 4.98 Å². The number of aldehydes is 1. The van der Waals surface area contributed by atoms with Crippen LogP contribution in [-0.4, -0.2) is 11.3 Å². The van der Waals surface area contributed by atoms with E-state index in [1.165, 1.54) is 6.20 Å². The third kappa shape index (κ3) is 0.852. The number of carbonyl (C=O) groups is 1. The van der Waals surface area contributed by atoms with Crippen LogP contribution in [0.5, 0.6) is 0 Å². The lowest BCUT2D eigenvalue weighted by atomic mass is 10.3. The molecule has 4 heteroatoms. The molecule has 0 aliphatic rings. The second-order valence-electron chi connectivity index (χ2n) is 2.37. The molecule has 0 atom stereocenters. The third-order valence-electron chi connectivity index (χ3n) is 1.61. The van der Waals surface area contributed by atoms with E-state index in [-0.39, 0.29) is 5.76 Å². The largest absolute Gasteiger partial charge is 0.453 e. The van der Waals surface area contributed by atoms with Crippen LogP contribution in [0.1, 0.15) is 10.6 Å². The summed E-state index contributed by atoms with van der Waals surface area (Å²) in [7, 11) is 0. The van der Waals surface area contributed by atoms with Gasteiger partial charge in [0.05, 0.1) is 5.39 Å². The summed E-state index contributed by atoms with van der Waals surface area (Å²) in [5, 5.41) is 0.680. The predicted molar refractivity (Wildman–Crippen MR) is 43.8 cm³/mol. The van der Waals surface area contributed by atoms with Crippen molar-refractivity contribution >= 4 is 23.1 Å². The van der Waals surface area contributed by atoms with Crippen LogP contribution in [-0.2, 0) is 0 Å². The molecule has 0 aliphatic heterocycles. The molecule has 0 saturated carbocycles. The van der Waals surface area contributed by atoms with Crippen LogP contribution in [0.25, 0.3) is 11.0 Å². The lowest BCUT2D eigenvalue weighted by Crippen LogP contribution is -1.87. The van der Waals surface area contributed by atoms with E-state index in [1.54, 1.807) is 12.1 Å². The molecule has 2 heterocycles. The normalized spacial score (nSPS) is 10.3. The van der Waals surface area contributed by atoms with Gasteiger partial charge in [0.25, 0.3) is 0 Å². The maximum atomic E-state index is 10.3. The molecule has 0 spiro atoms. The molecule has 0 unspecified atom stereocenters. The van der Waals surface area contributed by atoms with Crippen LogP contribution < -0.4 is 5.73 Å². The molecule has 2 N–H and O–H groups in total. The summed E-state index contributed by atoms with van der Waals surface area (Å²) in [6.07, 6.45) is 2.18. The minimum absolute atomic E-state index is 0.268. The van der Waals surface area contributed by atoms with Crippen molar-refractivity contribution in [1.82, 2.24) is 4.98 Å². The minimum atomic E-state index is 0.268. The number of furan rings is 1. The van der Waals surface area contributed by atoms with E-state index in [4.69, 9.17) is 10.2 Å². The number of carbonyl (C=O) groups excluding carboxylic acids is 1. The molecule has 4 nitrogen and oxygen atoms in total. The third-order valence-corrected chi connectivity index (χ3v) is 1.61. The van der Waals surface area contributed by atoms with E-state index < -0.39 is 0 Å². The molecule has 2 aromatic heterocycles. The molecule has 2 rings (SSSR count). The summed E-state index contributed by atoms with van der Waals surface area (Å²) in [5.41, 5.74) is 6.12. The first-order chi connectivity index (χ1) is 5.81. The van der Waals surface area contributed by atoms with Crippen molar-refractivity contribution in [2.75, 3.05) is 5.73 Å². The maximum absolute atomic E-state index is 10.3. The zero-order valence-electron chi connectivity index (χ0n) is 6.15. The summed E-state index contributed by atoms with van der Waals surface area (Å²) in [6.45, 7) is 0. The van der Waals surface area contributed by atoms with Crippen molar-refractivity contribution in [2.45, 2.75) is 0 Å². The molecular formula is C8H6N2O2. The number of fused-ring (bicyclic) bond motifs is 1. The van der Waals surface area contributed by atoms with Gasteiger partial charge in [-0.2, -0.15) is 0 Å². The molecule has 0 bridgehead atoms. The summed E-state index contributed by atoms with van der Waals surface area (Å²) in [5.74, 6) is 0.647. The quantitative estimate of drug-likeness (QED) is 0.640. The molecule has 0 amide bonds. The molecule has 0 radical (unpaired) electrons. The van der Waals surface area contributed by atoms with Gasteiger partial charge in [-0.3, -0.25) is 4.79 Å². The molecule has 60 valence electrons. The van der Waals surface area contributed by atoms with Crippen molar-refractivity contribution in [1.29, 1.82) is 0 Å². The zero-order chi connectivity index (χ0) is 8.55. The minimum Gasteiger partial charge on any atom is -0.453 e. The van der Waals surface area contributed by atoms with Gasteiger partial charge >= 0.3 is 0 Å². The Morgan fingerprint density at radius 1 is 1.58 bits per heavy atom. The SMILES string of the molecule is Nc1nccc2oc(C=O)cc12. The summed E-state index contributed by atoms with van der Waals surface area (Å²) in [6, 6.07) is 3.24. The first kappa shape index (κ1) is 6.84. The van der Waals surface area contributed by atoms with Gasteiger partial charge in [-0.25, -0.2) is 4.98 Å². The molecule has 0 saturated heterocycles. The maximum Gasteiger partial charge on any atom is 0.185 e. The van der Waals surface area contributed by atoms with Gasteiger partial charge in [0, 0.05) is 6.20 Å². The average Bonchev–Trinajstić information content (AvgIpc) is 2.49. The molecular weight excluding hydrogens is 156 g/mol. The first-order valence-corrected chi connectivity index (χ1v) is 3.40. The smallest absolute Gasteiger partial charge is 0.185 e. The van der Waals surface area contributed by atoms with Crippen LogP contribution in [0.4, 0.5) is 5.82 Å². The number of nitrogens with zero attached hydrogens (tertiary/aromatic N) is 1. The van der Waals surface area contributed by atoms with E-state index in [0.717, 1.165) is 0 Å². The average molecular weight is 162 g/mol. The van der Waals surface area contributed by atoms with E-state index in [9.17, 15) is 4.79 Å². The fourth-order valence-corrected chi connectivity index (χ4v) is 1.06. The van der Waals surface area contributed by atoms with Crippen molar-refractivity contribution in [3.05, 3.63) is 24.1 Å². The number of nitrogen functional groups attached to an aromatic ring is 1. The Bertz CT molecular complexity index is 434. The Kier molecular flexibility index (Phi) is 1.33. The fourth-order valence-electron chi connectivity index (χ4n) is 1.06. The number of anilines is 1. The van der Waals surface area contributed by atoms with Gasteiger partial charge in [-0.1, -0.05) is 0 Å². The number of hydrogen-bond acceptors (Lipinski definition) is 4. The van der Waals surface area contributed by atoms with Crippen LogP contribution in [0, 0.1) is 0 Å². The van der Waals surface area contributed by atoms with Crippen molar-refractivity contribution in [3.8, 4) is 0 Å². The number of rotatable bonds is 1. The Morgan fingerprint density at radius 2 is 2.42 bits per heavy atom. The topological polar surface area (TPSA) is 69.1 Å². The summed E-state index contributed by atoms with van der Waals surface area (Å²) < 4.78 is 5.11. The monoisotopic (exact) mass is 162 g/mol. The Hall–Kier alpha value is -1.84. The molecule has 12 heavy (non-hydrogen) atoms. The first-order valence-electron chi connectivity index (χ1n) is 3.40. The second-order valence-corrected chi connectivity index (χ2v) is 2.37. The van der Waals surface area contributed by atoms with Crippen molar-refractivity contribution < 1.29 is 9.21 Å². The van der Waals surface area contributed by atoms with E-state index >= 15 is 0 Å². The summed E-state index contributed by atoms with van der Waals surface area (Å²) in [4.78, 5) is 14.2. The Balaban J connectivity index is 2.82. The number of aromatic nitrogens is 1. The van der Waals surface area contributed by atoms with Crippen LogP contribution in [0.3, 0.4) is 0 Å². The lowest BCUT2D eigenvalue weighted by molar-refractivity contribution is 0.110. The van der Waals surface area contributed by atoms with Crippen LogP contribution in [0.15, 0.2) is 22.7 Å². The zero-order valence-corrected chi connectivity index (χ0v) is 6.15. The van der Waals surface area contributed by atoms with E-state index in [0.29, 0.717) is 23.1 Å². The Morgan fingerprint density at radius 3 is 3.08 bits per heavy atom. The highest BCUT2D eigenvalue weighted by molar-refractivity contribution is 5.91. The van der Waals surface area contributed by atoms with Gasteiger partial charge < -0.3 is 10.2 Å². The molecule has 0 aliphatic carbocycles. The molecule has 0 aromatic carbocycles. The highest BCUT2D eigenvalue weighted by Gasteiger charge is 2.04. The van der Waals surface area contributed by atoms with Gasteiger partial charge in [-0.15, -0.1) is 0 Å². The van der Waals surface area contributed by atoms with Crippen LogP contribution >= 0.6 is 0 Å². The number of hydrogen-bond donors (Lipinski definition) is 1. The van der Waals surface area contributed by atoms with Crippen molar-refractivity contribution in [2.24, 2.45) is 0 Å². The van der Waals surface area contributed by atoms with Gasteiger partial charge in [0.15, 0.2) is 12.0 Å². The lowest BCUT2D eigenvalue weighted by Gasteiger charge is -1.89. The Labute approximate surface area is 68.0 Å². The molecule has 2 aromatic rings. The highest BCUT2D eigenvalue weighted by Crippen LogP contribution is 2.21. The van der Waals surface area contributed by atoms with Gasteiger partial charge in [0.2, 0.25) is 0 Å². The van der Waals surface area contributed by atoms with Crippen LogP contribution in [0.2, 0.25) is 0 Å². The summed E-state index contributed by atoms with van der Waals surface area (Å²) >= 11 is 0. The second kappa shape index (κ2) is 2.34. The highest BCUT2D eigenvalue weighted by atomic mass is 16.3. The van der Waals surface area contributed by atoms with Gasteiger partial charge in [-0.05, 0) is 12.1 Å². The standard InChI is InChI=1S/C8H6N2O2/c9-8-6-3-5(4-11)12-7(6)1-2-10-8/h1-4H,(H2,9,10). The van der Waals surface area contributed by atoms with E-state index in [1.807, 2.05) is 0 Å².